The molecule has 25 heavy (non-hydrogen) atoms. The topological polar surface area (TPSA) is 75.3 Å². The number of rotatable bonds is 8. The van der Waals surface area contributed by atoms with E-state index in [1.165, 1.54) is 0 Å². The molecule has 2 N–H and O–H groups in total. The maximum atomic E-state index is 6.16. The van der Waals surface area contributed by atoms with Crippen LogP contribution in [0.25, 0.3) is 0 Å². The second-order valence-corrected chi connectivity index (χ2v) is 6.48. The maximum absolute atomic E-state index is 6.16. The minimum atomic E-state index is 0.289. The van der Waals surface area contributed by atoms with Gasteiger partial charge in [-0.2, -0.15) is 4.98 Å². The van der Waals surface area contributed by atoms with E-state index in [9.17, 15) is 0 Å². The Kier molecular flexibility index (Phi) is 7.73. The summed E-state index contributed by atoms with van der Waals surface area (Å²) in [6.45, 7) is 5.65. The molecule has 0 amide bonds. The summed E-state index contributed by atoms with van der Waals surface area (Å²) in [6, 6.07) is 7.88. The Morgan fingerprint density at radius 3 is 2.64 bits per heavy atom. The Morgan fingerprint density at radius 2 is 1.96 bits per heavy atom. The fraction of sp³-hybridized carbons (Fsp3) is 0.500. The quantitative estimate of drug-likeness (QED) is 0.428. The average molecular weight is 364 g/mol. The third-order valence-electron chi connectivity index (χ3n) is 3.73. The van der Waals surface area contributed by atoms with Crippen LogP contribution in [0.15, 0.2) is 33.8 Å². The molecule has 0 saturated heterocycles. The van der Waals surface area contributed by atoms with Crippen LogP contribution >= 0.6 is 11.6 Å². The molecular formula is C18H26ClN5O. The van der Waals surface area contributed by atoms with E-state index in [4.69, 9.17) is 16.1 Å². The van der Waals surface area contributed by atoms with Gasteiger partial charge in [0.05, 0.1) is 0 Å². The molecule has 0 aliphatic rings. The normalized spacial score (nSPS) is 11.8. The van der Waals surface area contributed by atoms with Crippen LogP contribution in [0.4, 0.5) is 0 Å². The minimum absolute atomic E-state index is 0.289. The molecule has 0 bridgehead atoms. The molecule has 0 fully saturated rings. The summed E-state index contributed by atoms with van der Waals surface area (Å²) < 4.78 is 5.24. The first kappa shape index (κ1) is 19.2. The van der Waals surface area contributed by atoms with Crippen LogP contribution in [0.3, 0.4) is 0 Å². The van der Waals surface area contributed by atoms with Gasteiger partial charge in [-0.1, -0.05) is 48.8 Å². The SMILES string of the molecule is CN=C(NCCCc1nc(C(C)C)no1)NCCc1ccccc1Cl. The highest BCUT2D eigenvalue weighted by Gasteiger charge is 2.09. The van der Waals surface area contributed by atoms with Crippen LogP contribution in [0, 0.1) is 0 Å². The van der Waals surface area contributed by atoms with Gasteiger partial charge in [-0.15, -0.1) is 0 Å². The molecule has 1 heterocycles. The number of guanidine groups is 1. The van der Waals surface area contributed by atoms with Crippen LogP contribution < -0.4 is 10.6 Å². The number of hydrogen-bond acceptors (Lipinski definition) is 4. The number of aliphatic imine (C=N–C) groups is 1. The highest BCUT2D eigenvalue weighted by Crippen LogP contribution is 2.14. The Bertz CT molecular complexity index is 684. The number of benzene rings is 1. The van der Waals surface area contributed by atoms with E-state index in [0.29, 0.717) is 5.89 Å². The summed E-state index contributed by atoms with van der Waals surface area (Å²) in [6.07, 6.45) is 2.49. The lowest BCUT2D eigenvalue weighted by Crippen LogP contribution is -2.38. The van der Waals surface area contributed by atoms with Crippen LogP contribution in [0.2, 0.25) is 5.02 Å². The smallest absolute Gasteiger partial charge is 0.226 e. The van der Waals surface area contributed by atoms with Gasteiger partial charge >= 0.3 is 0 Å². The van der Waals surface area contributed by atoms with Gasteiger partial charge in [0.2, 0.25) is 5.89 Å². The maximum Gasteiger partial charge on any atom is 0.226 e. The van der Waals surface area contributed by atoms with Crippen LogP contribution in [-0.4, -0.2) is 36.2 Å². The highest BCUT2D eigenvalue weighted by molar-refractivity contribution is 6.31. The first-order chi connectivity index (χ1) is 12.1. The summed E-state index contributed by atoms with van der Waals surface area (Å²) in [7, 11) is 1.76. The summed E-state index contributed by atoms with van der Waals surface area (Å²) >= 11 is 6.16. The second-order valence-electron chi connectivity index (χ2n) is 6.07. The largest absolute Gasteiger partial charge is 0.356 e. The van der Waals surface area contributed by atoms with Gasteiger partial charge in [0.25, 0.3) is 0 Å². The van der Waals surface area contributed by atoms with Crippen LogP contribution in [0.5, 0.6) is 0 Å². The molecule has 0 aliphatic heterocycles. The van der Waals surface area contributed by atoms with Crippen molar-refractivity contribution in [1.82, 2.24) is 20.8 Å². The van der Waals surface area contributed by atoms with E-state index in [1.807, 2.05) is 24.3 Å². The van der Waals surface area contributed by atoms with Crippen LogP contribution in [-0.2, 0) is 12.8 Å². The Labute approximate surface area is 154 Å². The second kappa shape index (κ2) is 10.0. The lowest BCUT2D eigenvalue weighted by molar-refractivity contribution is 0.368. The van der Waals surface area contributed by atoms with Crippen molar-refractivity contribution in [2.24, 2.45) is 4.99 Å². The van der Waals surface area contributed by atoms with Gasteiger partial charge in [-0.3, -0.25) is 4.99 Å². The number of nitrogens with one attached hydrogen (secondary N) is 2. The molecular weight excluding hydrogens is 338 g/mol. The Hall–Kier alpha value is -2.08. The van der Waals surface area contributed by atoms with Crippen LogP contribution in [0.1, 0.15) is 43.5 Å². The van der Waals surface area contributed by atoms with Crippen molar-refractivity contribution in [3.63, 3.8) is 0 Å². The summed E-state index contributed by atoms with van der Waals surface area (Å²) in [4.78, 5) is 8.60. The van der Waals surface area contributed by atoms with Crippen molar-refractivity contribution in [2.45, 2.75) is 39.0 Å². The van der Waals surface area contributed by atoms with Crippen molar-refractivity contribution in [2.75, 3.05) is 20.1 Å². The molecule has 0 unspecified atom stereocenters. The van der Waals surface area contributed by atoms with Gasteiger partial charge in [-0.05, 0) is 24.5 Å². The van der Waals surface area contributed by atoms with Crippen molar-refractivity contribution < 1.29 is 4.52 Å². The van der Waals surface area contributed by atoms with E-state index in [0.717, 1.165) is 54.7 Å². The van der Waals surface area contributed by atoms with Gasteiger partial charge in [-0.25, -0.2) is 0 Å². The fourth-order valence-electron chi connectivity index (χ4n) is 2.29. The summed E-state index contributed by atoms with van der Waals surface area (Å²) in [5.41, 5.74) is 1.13. The van der Waals surface area contributed by atoms with Crippen molar-refractivity contribution >= 4 is 17.6 Å². The van der Waals surface area contributed by atoms with E-state index >= 15 is 0 Å². The minimum Gasteiger partial charge on any atom is -0.356 e. The molecule has 7 heteroatoms. The zero-order chi connectivity index (χ0) is 18.1. The van der Waals surface area contributed by atoms with Crippen molar-refractivity contribution in [3.8, 4) is 0 Å². The molecule has 0 aliphatic carbocycles. The predicted molar refractivity (Wildman–Crippen MR) is 101 cm³/mol. The van der Waals surface area contributed by atoms with E-state index in [1.54, 1.807) is 7.05 Å². The lowest BCUT2D eigenvalue weighted by Gasteiger charge is -2.11. The number of aromatic nitrogens is 2. The number of halogens is 1. The molecule has 2 aromatic rings. The number of nitrogens with zero attached hydrogens (tertiary/aromatic N) is 3. The first-order valence-electron chi connectivity index (χ1n) is 8.60. The lowest BCUT2D eigenvalue weighted by atomic mass is 10.1. The first-order valence-corrected chi connectivity index (χ1v) is 8.98. The standard InChI is InChI=1S/C18H26ClN5O/c1-13(2)17-23-16(25-24-17)9-6-11-21-18(20-3)22-12-10-14-7-4-5-8-15(14)19/h4-5,7-8,13H,6,9-12H2,1-3H3,(H2,20,21,22). The molecule has 2 rings (SSSR count). The highest BCUT2D eigenvalue weighted by atomic mass is 35.5. The molecule has 0 atom stereocenters. The zero-order valence-electron chi connectivity index (χ0n) is 15.1. The average Bonchev–Trinajstić information content (AvgIpc) is 3.08. The zero-order valence-corrected chi connectivity index (χ0v) is 15.8. The summed E-state index contributed by atoms with van der Waals surface area (Å²) in [5.74, 6) is 2.52. The third-order valence-corrected chi connectivity index (χ3v) is 4.10. The molecule has 0 radical (unpaired) electrons. The number of aryl methyl sites for hydroxylation is 1. The molecule has 0 saturated carbocycles. The van der Waals surface area contributed by atoms with Gasteiger partial charge in [0.15, 0.2) is 11.8 Å². The predicted octanol–water partition coefficient (Wildman–Crippen LogP) is 3.19. The molecule has 1 aromatic heterocycles. The molecule has 6 nitrogen and oxygen atoms in total. The third kappa shape index (κ3) is 6.38. The summed E-state index contributed by atoms with van der Waals surface area (Å²) in [5, 5.41) is 11.3. The van der Waals surface area contributed by atoms with Gasteiger partial charge in [0, 0.05) is 37.5 Å². The Balaban J connectivity index is 1.65. The van der Waals surface area contributed by atoms with E-state index in [-0.39, 0.29) is 5.92 Å². The molecule has 136 valence electrons. The Morgan fingerprint density at radius 1 is 1.20 bits per heavy atom. The fourth-order valence-corrected chi connectivity index (χ4v) is 2.52. The van der Waals surface area contributed by atoms with E-state index in [2.05, 4.69) is 39.6 Å². The monoisotopic (exact) mass is 363 g/mol. The molecule has 0 spiro atoms. The molecule has 1 aromatic carbocycles. The van der Waals surface area contributed by atoms with E-state index < -0.39 is 0 Å². The van der Waals surface area contributed by atoms with Gasteiger partial charge in [0.1, 0.15) is 0 Å². The van der Waals surface area contributed by atoms with Gasteiger partial charge < -0.3 is 15.2 Å². The van der Waals surface area contributed by atoms with Crippen molar-refractivity contribution in [3.05, 3.63) is 46.6 Å². The van der Waals surface area contributed by atoms with Crippen molar-refractivity contribution in [1.29, 1.82) is 0 Å². The number of hydrogen-bond donors (Lipinski definition) is 2.